The number of hydrogen-bond donors (Lipinski definition) is 1. The Morgan fingerprint density at radius 2 is 1.96 bits per heavy atom. The Morgan fingerprint density at radius 3 is 2.64 bits per heavy atom. The van der Waals surface area contributed by atoms with E-state index in [0.717, 1.165) is 10.6 Å². The first-order valence-corrected chi connectivity index (χ1v) is 9.95. The van der Waals surface area contributed by atoms with Gasteiger partial charge in [-0.1, -0.05) is 24.3 Å². The predicted molar refractivity (Wildman–Crippen MR) is 106 cm³/mol. The minimum absolute atomic E-state index is 0.0851. The lowest BCUT2D eigenvalue weighted by molar-refractivity contribution is -0.150. The number of benzene rings is 1. The minimum Gasteiger partial charge on any atom is -0.481 e. The van der Waals surface area contributed by atoms with Gasteiger partial charge in [0.2, 0.25) is 5.82 Å². The summed E-state index contributed by atoms with van der Waals surface area (Å²) in [6.45, 7) is 2.35. The van der Waals surface area contributed by atoms with E-state index < -0.39 is 11.4 Å². The van der Waals surface area contributed by atoms with Crippen molar-refractivity contribution in [3.05, 3.63) is 53.7 Å². The number of carboxylic acid groups (broad SMARTS) is 1. The van der Waals surface area contributed by atoms with Crippen molar-refractivity contribution in [3.63, 3.8) is 0 Å². The third-order valence-electron chi connectivity index (χ3n) is 5.04. The Bertz CT molecular complexity index is 1000. The third-order valence-corrected chi connectivity index (χ3v) is 5.91. The summed E-state index contributed by atoms with van der Waals surface area (Å²) in [5.74, 6) is -0.531. The predicted octanol–water partition coefficient (Wildman–Crippen LogP) is 3.32. The molecule has 1 amide bonds. The van der Waals surface area contributed by atoms with Gasteiger partial charge in [-0.2, -0.15) is 0 Å². The second-order valence-electron chi connectivity index (χ2n) is 7.18. The summed E-state index contributed by atoms with van der Waals surface area (Å²) in [5, 5.41) is 15.9. The third kappa shape index (κ3) is 3.31. The van der Waals surface area contributed by atoms with Crippen molar-refractivity contribution in [2.24, 2.45) is 5.41 Å². The Hall–Kier alpha value is -3.00. The number of aliphatic carboxylic acids is 1. The maximum atomic E-state index is 13.1. The van der Waals surface area contributed by atoms with Crippen molar-refractivity contribution >= 4 is 23.2 Å². The highest BCUT2D eigenvalue weighted by Gasteiger charge is 2.40. The van der Waals surface area contributed by atoms with Crippen molar-refractivity contribution in [2.75, 3.05) is 13.1 Å². The van der Waals surface area contributed by atoms with Crippen LogP contribution >= 0.6 is 11.3 Å². The number of carbonyl (C=O) groups excluding carboxylic acids is 1. The second-order valence-corrected chi connectivity index (χ2v) is 8.13. The normalized spacial score (nSPS) is 19.5. The fraction of sp³-hybridized carbons (Fsp3) is 0.300. The zero-order chi connectivity index (χ0) is 19.7. The lowest BCUT2D eigenvalue weighted by Crippen LogP contribution is -2.48. The van der Waals surface area contributed by atoms with E-state index in [2.05, 4.69) is 10.1 Å². The molecule has 1 N–H and O–H groups in total. The highest BCUT2D eigenvalue weighted by atomic mass is 32.1. The smallest absolute Gasteiger partial charge is 0.311 e. The average Bonchev–Trinajstić information content (AvgIpc) is 3.38. The number of para-hydroxylation sites is 1. The van der Waals surface area contributed by atoms with Crippen LogP contribution < -0.4 is 0 Å². The van der Waals surface area contributed by atoms with Gasteiger partial charge in [-0.05, 0) is 43.3 Å². The van der Waals surface area contributed by atoms with E-state index in [1.54, 1.807) is 16.5 Å². The molecular formula is C20H20N4O3S. The molecule has 0 spiro atoms. The number of aromatic nitrogens is 3. The molecule has 1 aliphatic heterocycles. The van der Waals surface area contributed by atoms with Crippen LogP contribution in [-0.4, -0.2) is 49.7 Å². The average molecular weight is 396 g/mol. The molecule has 7 nitrogen and oxygen atoms in total. The van der Waals surface area contributed by atoms with Crippen molar-refractivity contribution in [1.82, 2.24) is 19.7 Å². The van der Waals surface area contributed by atoms with Crippen LogP contribution in [0.15, 0.2) is 47.8 Å². The number of carboxylic acids is 1. The summed E-state index contributed by atoms with van der Waals surface area (Å²) in [7, 11) is 0. The first kappa shape index (κ1) is 18.4. The fourth-order valence-electron chi connectivity index (χ4n) is 3.45. The van der Waals surface area contributed by atoms with E-state index in [0.29, 0.717) is 25.2 Å². The molecule has 2 aromatic heterocycles. The quantitative estimate of drug-likeness (QED) is 0.731. The topological polar surface area (TPSA) is 88.3 Å². The van der Waals surface area contributed by atoms with Crippen LogP contribution in [0.4, 0.5) is 0 Å². The number of nitrogens with zero attached hydrogens (tertiary/aromatic N) is 4. The number of likely N-dealkylation sites (tertiary alicyclic amines) is 1. The molecule has 0 aliphatic carbocycles. The van der Waals surface area contributed by atoms with E-state index in [1.165, 1.54) is 11.3 Å². The molecular weight excluding hydrogens is 376 g/mol. The Kier molecular flexibility index (Phi) is 4.72. The molecule has 1 atom stereocenters. The standard InChI is InChI=1S/C20H20N4O3S/c1-20(19(26)27)10-6-11-23(13-20)18(25)16-21-17(15-9-5-12-28-15)24(22-16)14-7-3-2-4-8-14/h2-5,7-9,12H,6,10-11,13H2,1H3,(H,26,27). The SMILES string of the molecule is CC1(C(=O)O)CCCN(C(=O)c2nc(-c3cccs3)n(-c3ccccc3)n2)C1. The van der Waals surface area contributed by atoms with Gasteiger partial charge in [-0.3, -0.25) is 9.59 Å². The molecule has 28 heavy (non-hydrogen) atoms. The van der Waals surface area contributed by atoms with Crippen molar-refractivity contribution in [2.45, 2.75) is 19.8 Å². The zero-order valence-electron chi connectivity index (χ0n) is 15.4. The molecule has 3 heterocycles. The summed E-state index contributed by atoms with van der Waals surface area (Å²) >= 11 is 1.52. The van der Waals surface area contributed by atoms with Crippen LogP contribution in [0.25, 0.3) is 16.4 Å². The van der Waals surface area contributed by atoms with E-state index in [4.69, 9.17) is 0 Å². The molecule has 3 aromatic rings. The highest BCUT2D eigenvalue weighted by Crippen LogP contribution is 2.31. The summed E-state index contributed by atoms with van der Waals surface area (Å²) in [5.41, 5.74) is -0.126. The molecule has 1 unspecified atom stereocenters. The highest BCUT2D eigenvalue weighted by molar-refractivity contribution is 7.13. The van der Waals surface area contributed by atoms with E-state index in [9.17, 15) is 14.7 Å². The van der Waals surface area contributed by atoms with Gasteiger partial charge in [0.1, 0.15) is 0 Å². The molecule has 0 radical (unpaired) electrons. The second kappa shape index (κ2) is 7.20. The number of amides is 1. The molecule has 1 saturated heterocycles. The molecule has 1 fully saturated rings. The molecule has 1 aromatic carbocycles. The van der Waals surface area contributed by atoms with Gasteiger partial charge in [-0.15, -0.1) is 16.4 Å². The molecule has 0 saturated carbocycles. The van der Waals surface area contributed by atoms with Gasteiger partial charge in [0.15, 0.2) is 5.82 Å². The van der Waals surface area contributed by atoms with Gasteiger partial charge < -0.3 is 10.0 Å². The Morgan fingerprint density at radius 1 is 1.18 bits per heavy atom. The lowest BCUT2D eigenvalue weighted by atomic mass is 9.82. The van der Waals surface area contributed by atoms with Crippen LogP contribution in [0.5, 0.6) is 0 Å². The number of thiophene rings is 1. The largest absolute Gasteiger partial charge is 0.481 e. The Balaban J connectivity index is 1.70. The van der Waals surface area contributed by atoms with E-state index in [-0.39, 0.29) is 18.3 Å². The Labute approximate surface area is 166 Å². The molecule has 4 rings (SSSR count). The molecule has 144 valence electrons. The number of rotatable bonds is 4. The van der Waals surface area contributed by atoms with Crippen LogP contribution in [0.2, 0.25) is 0 Å². The van der Waals surface area contributed by atoms with Crippen LogP contribution in [0.1, 0.15) is 30.4 Å². The molecule has 1 aliphatic rings. The summed E-state index contributed by atoms with van der Waals surface area (Å²) < 4.78 is 1.67. The van der Waals surface area contributed by atoms with E-state index in [1.807, 2.05) is 47.8 Å². The van der Waals surface area contributed by atoms with Crippen LogP contribution in [0.3, 0.4) is 0 Å². The van der Waals surface area contributed by atoms with Gasteiger partial charge in [0, 0.05) is 13.1 Å². The first-order valence-electron chi connectivity index (χ1n) is 9.07. The number of carbonyl (C=O) groups is 2. The van der Waals surface area contributed by atoms with Crippen molar-refractivity contribution in [3.8, 4) is 16.4 Å². The first-order chi connectivity index (χ1) is 13.5. The monoisotopic (exact) mass is 396 g/mol. The van der Waals surface area contributed by atoms with E-state index >= 15 is 0 Å². The minimum atomic E-state index is -0.938. The molecule has 0 bridgehead atoms. The van der Waals surface area contributed by atoms with Crippen LogP contribution in [-0.2, 0) is 4.79 Å². The summed E-state index contributed by atoms with van der Waals surface area (Å²) in [4.78, 5) is 31.7. The summed E-state index contributed by atoms with van der Waals surface area (Å²) in [6, 6.07) is 13.4. The van der Waals surface area contributed by atoms with Gasteiger partial charge in [0.05, 0.1) is 16.0 Å². The maximum absolute atomic E-state index is 13.1. The molecule has 8 heteroatoms. The van der Waals surface area contributed by atoms with Gasteiger partial charge in [0.25, 0.3) is 5.91 Å². The lowest BCUT2D eigenvalue weighted by Gasteiger charge is -2.36. The summed E-state index contributed by atoms with van der Waals surface area (Å²) in [6.07, 6.45) is 1.20. The number of piperidine rings is 1. The number of hydrogen-bond acceptors (Lipinski definition) is 5. The van der Waals surface area contributed by atoms with Crippen molar-refractivity contribution in [1.29, 1.82) is 0 Å². The fourth-order valence-corrected chi connectivity index (χ4v) is 4.14. The van der Waals surface area contributed by atoms with Crippen molar-refractivity contribution < 1.29 is 14.7 Å². The van der Waals surface area contributed by atoms with Crippen LogP contribution in [0, 0.1) is 5.41 Å². The maximum Gasteiger partial charge on any atom is 0.311 e. The zero-order valence-corrected chi connectivity index (χ0v) is 16.2. The van der Waals surface area contributed by atoms with Gasteiger partial charge >= 0.3 is 5.97 Å². The van der Waals surface area contributed by atoms with Gasteiger partial charge in [-0.25, -0.2) is 9.67 Å².